The van der Waals surface area contributed by atoms with Crippen LogP contribution in [0.5, 0.6) is 5.75 Å². The van der Waals surface area contributed by atoms with Crippen LogP contribution in [0.25, 0.3) is 0 Å². The van der Waals surface area contributed by atoms with Crippen LogP contribution in [0, 0.1) is 0 Å². The molecule has 0 fully saturated rings. The molecule has 2 aromatic rings. The van der Waals surface area contributed by atoms with Gasteiger partial charge in [-0.3, -0.25) is 9.59 Å². The largest absolute Gasteiger partial charge is 0.483 e. The van der Waals surface area contributed by atoms with E-state index in [1.54, 1.807) is 43.3 Å². The van der Waals surface area contributed by atoms with Gasteiger partial charge in [0.25, 0.3) is 0 Å². The van der Waals surface area contributed by atoms with Crippen molar-refractivity contribution in [2.45, 2.75) is 18.4 Å². The van der Waals surface area contributed by atoms with Crippen molar-refractivity contribution in [3.63, 3.8) is 0 Å². The molecule has 2 rings (SSSR count). The third kappa shape index (κ3) is 4.71. The molecule has 2 atom stereocenters. The topological polar surface area (TPSA) is 43.4 Å². The van der Waals surface area contributed by atoms with E-state index in [1.165, 1.54) is 12.1 Å². The summed E-state index contributed by atoms with van der Waals surface area (Å²) in [6, 6.07) is 12.7. The molecule has 23 heavy (non-hydrogen) atoms. The predicted octanol–water partition coefficient (Wildman–Crippen LogP) is 4.82. The number of alkyl halides is 1. The summed E-state index contributed by atoms with van der Waals surface area (Å²) in [5.74, 6) is -0.528. The Morgan fingerprint density at radius 1 is 0.913 bits per heavy atom. The number of carbonyl (C=O) groups excluding carboxylic acids is 2. The van der Waals surface area contributed by atoms with Crippen LogP contribution in [-0.4, -0.2) is 23.0 Å². The van der Waals surface area contributed by atoms with Gasteiger partial charge in [-0.05, 0) is 55.5 Å². The molecule has 0 saturated heterocycles. The molecular weight excluding hydrogens is 359 g/mol. The molecule has 0 heterocycles. The molecule has 0 radical (unpaired) electrons. The third-order valence-electron chi connectivity index (χ3n) is 3.14. The Hall–Kier alpha value is -1.55. The summed E-state index contributed by atoms with van der Waals surface area (Å²) in [6.07, 6.45) is -0.866. The normalized spacial score (nSPS) is 13.2. The molecule has 0 saturated carbocycles. The van der Waals surface area contributed by atoms with Gasteiger partial charge in [0.1, 0.15) is 5.75 Å². The summed E-state index contributed by atoms with van der Waals surface area (Å²) in [4.78, 5) is 24.5. The Kier molecular flexibility index (Phi) is 6.05. The average Bonchev–Trinajstić information content (AvgIpc) is 2.55. The lowest BCUT2D eigenvalue weighted by Gasteiger charge is -2.16. The number of hydrogen-bond acceptors (Lipinski definition) is 3. The highest BCUT2D eigenvalue weighted by Gasteiger charge is 2.30. The zero-order valence-corrected chi connectivity index (χ0v) is 14.4. The molecule has 0 aliphatic carbocycles. The summed E-state index contributed by atoms with van der Waals surface area (Å²) >= 11 is 17.6. The molecule has 2 aromatic carbocycles. The van der Waals surface area contributed by atoms with E-state index in [1.807, 2.05) is 0 Å². The van der Waals surface area contributed by atoms with Crippen LogP contribution in [-0.2, 0) is 4.79 Å². The average molecular weight is 372 g/mol. The zero-order valence-electron chi connectivity index (χ0n) is 12.1. The molecule has 0 spiro atoms. The SMILES string of the molecule is CC(Oc1ccc(Cl)cc1)C(=O)C(Cl)C(=O)c1ccc(Cl)cc1. The first-order valence-electron chi connectivity index (χ1n) is 6.78. The van der Waals surface area contributed by atoms with E-state index >= 15 is 0 Å². The Morgan fingerprint density at radius 2 is 1.39 bits per heavy atom. The molecule has 3 nitrogen and oxygen atoms in total. The predicted molar refractivity (Wildman–Crippen MR) is 92.0 cm³/mol. The van der Waals surface area contributed by atoms with Gasteiger partial charge in [0.15, 0.2) is 23.0 Å². The molecular formula is C17H13Cl3O3. The number of ether oxygens (including phenoxy) is 1. The number of benzene rings is 2. The minimum atomic E-state index is -1.32. The first-order chi connectivity index (χ1) is 10.9. The van der Waals surface area contributed by atoms with Gasteiger partial charge < -0.3 is 4.74 Å². The van der Waals surface area contributed by atoms with E-state index in [0.29, 0.717) is 21.4 Å². The van der Waals surface area contributed by atoms with Gasteiger partial charge in [0.2, 0.25) is 0 Å². The first kappa shape index (κ1) is 17.8. The van der Waals surface area contributed by atoms with Gasteiger partial charge in [-0.15, -0.1) is 11.6 Å². The highest BCUT2D eigenvalue weighted by molar-refractivity contribution is 6.45. The Balaban J connectivity index is 2.04. The fourth-order valence-electron chi connectivity index (χ4n) is 1.87. The van der Waals surface area contributed by atoms with Gasteiger partial charge in [0.05, 0.1) is 0 Å². The summed E-state index contributed by atoms with van der Waals surface area (Å²) in [7, 11) is 0. The Morgan fingerprint density at radius 3 is 1.91 bits per heavy atom. The van der Waals surface area contributed by atoms with Gasteiger partial charge in [-0.25, -0.2) is 0 Å². The van der Waals surface area contributed by atoms with E-state index in [2.05, 4.69) is 0 Å². The maximum Gasteiger partial charge on any atom is 0.198 e. The van der Waals surface area contributed by atoms with E-state index in [4.69, 9.17) is 39.5 Å². The minimum Gasteiger partial charge on any atom is -0.483 e. The van der Waals surface area contributed by atoms with Crippen LogP contribution >= 0.6 is 34.8 Å². The highest BCUT2D eigenvalue weighted by Crippen LogP contribution is 2.19. The van der Waals surface area contributed by atoms with Crippen LogP contribution in [0.15, 0.2) is 48.5 Å². The number of hydrogen-bond donors (Lipinski definition) is 0. The van der Waals surface area contributed by atoms with Crippen molar-refractivity contribution in [3.8, 4) is 5.75 Å². The molecule has 6 heteroatoms. The highest BCUT2D eigenvalue weighted by atomic mass is 35.5. The first-order valence-corrected chi connectivity index (χ1v) is 7.97. The second-order valence-electron chi connectivity index (χ2n) is 4.85. The molecule has 120 valence electrons. The van der Waals surface area contributed by atoms with Gasteiger partial charge in [-0.1, -0.05) is 23.2 Å². The van der Waals surface area contributed by atoms with Gasteiger partial charge in [0, 0.05) is 15.6 Å². The van der Waals surface area contributed by atoms with Crippen LogP contribution in [0.3, 0.4) is 0 Å². The van der Waals surface area contributed by atoms with Crippen LogP contribution < -0.4 is 4.74 Å². The molecule has 0 bridgehead atoms. The Labute approximate surface area is 149 Å². The smallest absolute Gasteiger partial charge is 0.198 e. The quantitative estimate of drug-likeness (QED) is 0.415. The molecule has 0 aromatic heterocycles. The number of rotatable bonds is 6. The summed E-state index contributed by atoms with van der Waals surface area (Å²) in [5.41, 5.74) is 0.321. The van der Waals surface area contributed by atoms with Crippen molar-refractivity contribution in [2.75, 3.05) is 0 Å². The lowest BCUT2D eigenvalue weighted by molar-refractivity contribution is -0.123. The fourth-order valence-corrected chi connectivity index (χ4v) is 2.43. The summed E-state index contributed by atoms with van der Waals surface area (Å²) in [5, 5.41) is -0.263. The van der Waals surface area contributed by atoms with E-state index < -0.39 is 23.0 Å². The van der Waals surface area contributed by atoms with Crippen molar-refractivity contribution < 1.29 is 14.3 Å². The number of halogens is 3. The van der Waals surface area contributed by atoms with Crippen molar-refractivity contribution in [1.29, 1.82) is 0 Å². The fraction of sp³-hybridized carbons (Fsp3) is 0.176. The monoisotopic (exact) mass is 370 g/mol. The zero-order chi connectivity index (χ0) is 17.0. The van der Waals surface area contributed by atoms with E-state index in [-0.39, 0.29) is 0 Å². The summed E-state index contributed by atoms with van der Waals surface area (Å²) < 4.78 is 5.49. The molecule has 0 amide bonds. The summed E-state index contributed by atoms with van der Waals surface area (Å²) in [6.45, 7) is 1.54. The molecule has 0 aliphatic rings. The van der Waals surface area contributed by atoms with Crippen LogP contribution in [0.2, 0.25) is 10.0 Å². The standard InChI is InChI=1S/C17H13Cl3O3/c1-10(23-14-8-6-13(19)7-9-14)16(21)15(20)17(22)11-2-4-12(18)5-3-11/h2-10,15H,1H3. The number of Topliss-reactive ketones (excluding diaryl/α,β-unsaturated/α-hetero) is 2. The molecule has 2 unspecified atom stereocenters. The van der Waals surface area contributed by atoms with Crippen LogP contribution in [0.4, 0.5) is 0 Å². The van der Waals surface area contributed by atoms with Crippen LogP contribution in [0.1, 0.15) is 17.3 Å². The van der Waals surface area contributed by atoms with Crippen molar-refractivity contribution in [1.82, 2.24) is 0 Å². The van der Waals surface area contributed by atoms with Crippen molar-refractivity contribution in [2.24, 2.45) is 0 Å². The third-order valence-corrected chi connectivity index (χ3v) is 4.05. The van der Waals surface area contributed by atoms with Gasteiger partial charge in [-0.2, -0.15) is 0 Å². The number of ketones is 2. The van der Waals surface area contributed by atoms with Crippen molar-refractivity contribution >= 4 is 46.4 Å². The lowest BCUT2D eigenvalue weighted by atomic mass is 10.0. The van der Waals surface area contributed by atoms with E-state index in [9.17, 15) is 9.59 Å². The maximum atomic E-state index is 12.3. The second-order valence-corrected chi connectivity index (χ2v) is 6.16. The second kappa shape index (κ2) is 7.82. The van der Waals surface area contributed by atoms with Gasteiger partial charge >= 0.3 is 0 Å². The Bertz CT molecular complexity index is 696. The van der Waals surface area contributed by atoms with E-state index in [0.717, 1.165) is 0 Å². The molecule has 0 aliphatic heterocycles. The van der Waals surface area contributed by atoms with Crippen molar-refractivity contribution in [3.05, 3.63) is 64.1 Å². The minimum absolute atomic E-state index is 0.321. The number of carbonyl (C=O) groups is 2. The molecule has 0 N–H and O–H groups in total. The maximum absolute atomic E-state index is 12.3. The lowest BCUT2D eigenvalue weighted by Crippen LogP contribution is -2.35.